The molecule has 104 valence electrons. The lowest BCUT2D eigenvalue weighted by Gasteiger charge is -2.07. The third-order valence-electron chi connectivity index (χ3n) is 3.19. The van der Waals surface area contributed by atoms with E-state index in [1.165, 1.54) is 24.3 Å². The van der Waals surface area contributed by atoms with Crippen molar-refractivity contribution in [1.82, 2.24) is 4.98 Å². The van der Waals surface area contributed by atoms with Gasteiger partial charge in [-0.05, 0) is 42.5 Å². The molecule has 5 heteroatoms. The summed E-state index contributed by atoms with van der Waals surface area (Å²) in [6.07, 6.45) is 0. The van der Waals surface area contributed by atoms with Gasteiger partial charge in [-0.1, -0.05) is 6.07 Å². The molecule has 0 fully saturated rings. The van der Waals surface area contributed by atoms with Crippen LogP contribution in [-0.2, 0) is 0 Å². The quantitative estimate of drug-likeness (QED) is 0.671. The van der Waals surface area contributed by atoms with Gasteiger partial charge in [-0.25, -0.2) is 9.78 Å². The van der Waals surface area contributed by atoms with Crippen LogP contribution in [-0.4, -0.2) is 26.3 Å². The number of aromatic nitrogens is 1. The molecule has 21 heavy (non-hydrogen) atoms. The SMILES string of the molecule is O=C(O)c1ccc(-c2ccc3cc(O)ccc3n2)c(O)c1. The molecule has 0 unspecified atom stereocenters. The van der Waals surface area contributed by atoms with Gasteiger partial charge in [0.05, 0.1) is 16.8 Å². The van der Waals surface area contributed by atoms with Crippen molar-refractivity contribution in [2.24, 2.45) is 0 Å². The van der Waals surface area contributed by atoms with E-state index in [4.69, 9.17) is 5.11 Å². The van der Waals surface area contributed by atoms with E-state index in [0.717, 1.165) is 5.39 Å². The van der Waals surface area contributed by atoms with E-state index in [2.05, 4.69) is 4.98 Å². The molecule has 0 aliphatic rings. The Bertz CT molecular complexity index is 858. The number of rotatable bonds is 2. The van der Waals surface area contributed by atoms with Gasteiger partial charge in [-0.3, -0.25) is 0 Å². The number of aromatic hydroxyl groups is 2. The fourth-order valence-corrected chi connectivity index (χ4v) is 2.14. The molecular formula is C16H11NO4. The summed E-state index contributed by atoms with van der Waals surface area (Å²) in [6, 6.07) is 12.4. The van der Waals surface area contributed by atoms with Crippen molar-refractivity contribution in [3.8, 4) is 22.8 Å². The van der Waals surface area contributed by atoms with Crippen molar-refractivity contribution < 1.29 is 20.1 Å². The molecule has 3 N–H and O–H groups in total. The maximum absolute atomic E-state index is 10.9. The van der Waals surface area contributed by atoms with Crippen LogP contribution in [0.2, 0.25) is 0 Å². The molecule has 0 bridgehead atoms. The largest absolute Gasteiger partial charge is 0.508 e. The van der Waals surface area contributed by atoms with E-state index in [0.29, 0.717) is 16.8 Å². The number of pyridine rings is 1. The zero-order valence-electron chi connectivity index (χ0n) is 10.8. The molecule has 0 saturated carbocycles. The lowest BCUT2D eigenvalue weighted by Crippen LogP contribution is -1.96. The van der Waals surface area contributed by atoms with Crippen LogP contribution in [0, 0.1) is 0 Å². The molecular weight excluding hydrogens is 270 g/mol. The normalized spacial score (nSPS) is 10.7. The predicted molar refractivity (Wildman–Crippen MR) is 77.5 cm³/mol. The molecule has 5 nitrogen and oxygen atoms in total. The minimum Gasteiger partial charge on any atom is -0.508 e. The zero-order chi connectivity index (χ0) is 15.0. The minimum absolute atomic E-state index is 0.0157. The average molecular weight is 281 g/mol. The number of benzene rings is 2. The Labute approximate surface area is 119 Å². The topological polar surface area (TPSA) is 90.7 Å². The Morgan fingerprint density at radius 3 is 2.48 bits per heavy atom. The van der Waals surface area contributed by atoms with Crippen molar-refractivity contribution >= 4 is 16.9 Å². The van der Waals surface area contributed by atoms with Crippen molar-refractivity contribution in [2.45, 2.75) is 0 Å². The Morgan fingerprint density at radius 2 is 1.76 bits per heavy atom. The first-order valence-corrected chi connectivity index (χ1v) is 6.21. The van der Waals surface area contributed by atoms with E-state index in [1.807, 2.05) is 0 Å². The van der Waals surface area contributed by atoms with Crippen LogP contribution < -0.4 is 0 Å². The molecule has 2 aromatic carbocycles. The van der Waals surface area contributed by atoms with Gasteiger partial charge in [-0.15, -0.1) is 0 Å². The third-order valence-corrected chi connectivity index (χ3v) is 3.19. The first-order chi connectivity index (χ1) is 10.0. The number of nitrogens with zero attached hydrogens (tertiary/aromatic N) is 1. The molecule has 1 heterocycles. The minimum atomic E-state index is -1.10. The lowest BCUT2D eigenvalue weighted by atomic mass is 10.1. The first-order valence-electron chi connectivity index (χ1n) is 6.21. The summed E-state index contributed by atoms with van der Waals surface area (Å²) < 4.78 is 0. The number of hydrogen-bond acceptors (Lipinski definition) is 4. The summed E-state index contributed by atoms with van der Waals surface area (Å²) in [5, 5.41) is 29.1. The maximum Gasteiger partial charge on any atom is 0.335 e. The lowest BCUT2D eigenvalue weighted by molar-refractivity contribution is 0.0696. The van der Waals surface area contributed by atoms with Gasteiger partial charge in [0, 0.05) is 10.9 Å². The van der Waals surface area contributed by atoms with Crippen LogP contribution in [0.1, 0.15) is 10.4 Å². The van der Waals surface area contributed by atoms with Crippen molar-refractivity contribution in [1.29, 1.82) is 0 Å². The number of phenolic OH excluding ortho intramolecular Hbond substituents is 2. The van der Waals surface area contributed by atoms with E-state index < -0.39 is 5.97 Å². The van der Waals surface area contributed by atoms with Crippen LogP contribution >= 0.6 is 0 Å². The number of hydrogen-bond donors (Lipinski definition) is 3. The number of carboxylic acid groups (broad SMARTS) is 1. The highest BCUT2D eigenvalue weighted by Crippen LogP contribution is 2.30. The summed E-state index contributed by atoms with van der Waals surface area (Å²) >= 11 is 0. The van der Waals surface area contributed by atoms with E-state index in [9.17, 15) is 15.0 Å². The fourth-order valence-electron chi connectivity index (χ4n) is 2.14. The average Bonchev–Trinajstić information content (AvgIpc) is 2.46. The van der Waals surface area contributed by atoms with Gasteiger partial charge < -0.3 is 15.3 Å². The fraction of sp³-hybridized carbons (Fsp3) is 0. The van der Waals surface area contributed by atoms with Gasteiger partial charge in [0.15, 0.2) is 0 Å². The molecule has 3 aromatic rings. The van der Waals surface area contributed by atoms with Gasteiger partial charge in [0.25, 0.3) is 0 Å². The standard InChI is InChI=1S/C16H11NO4/c18-11-3-6-13-9(7-11)2-5-14(17-13)12-4-1-10(16(20)21)8-15(12)19/h1-8,18-19H,(H,20,21). The zero-order valence-corrected chi connectivity index (χ0v) is 10.8. The smallest absolute Gasteiger partial charge is 0.335 e. The van der Waals surface area contributed by atoms with Crippen molar-refractivity contribution in [3.05, 3.63) is 54.1 Å². The van der Waals surface area contributed by atoms with Crippen molar-refractivity contribution in [2.75, 3.05) is 0 Å². The first kappa shape index (κ1) is 12.9. The molecule has 0 saturated heterocycles. The highest BCUT2D eigenvalue weighted by atomic mass is 16.4. The molecule has 0 radical (unpaired) electrons. The van der Waals surface area contributed by atoms with Crippen LogP contribution in [0.25, 0.3) is 22.2 Å². The second-order valence-electron chi connectivity index (χ2n) is 4.61. The Hall–Kier alpha value is -3.08. The van der Waals surface area contributed by atoms with Crippen LogP contribution in [0.3, 0.4) is 0 Å². The number of aromatic carboxylic acids is 1. The Kier molecular flexibility index (Phi) is 2.95. The van der Waals surface area contributed by atoms with Gasteiger partial charge >= 0.3 is 5.97 Å². The maximum atomic E-state index is 10.9. The number of carbonyl (C=O) groups is 1. The summed E-state index contributed by atoms with van der Waals surface area (Å²) in [5.41, 5.74) is 1.67. The van der Waals surface area contributed by atoms with Crippen LogP contribution in [0.5, 0.6) is 11.5 Å². The highest BCUT2D eigenvalue weighted by Gasteiger charge is 2.10. The van der Waals surface area contributed by atoms with E-state index in [1.54, 1.807) is 24.3 Å². The molecule has 0 aliphatic heterocycles. The Morgan fingerprint density at radius 1 is 0.952 bits per heavy atom. The summed E-state index contributed by atoms with van der Waals surface area (Å²) in [4.78, 5) is 15.3. The third kappa shape index (κ3) is 2.36. The summed E-state index contributed by atoms with van der Waals surface area (Å²) in [7, 11) is 0. The molecule has 1 aromatic heterocycles. The summed E-state index contributed by atoms with van der Waals surface area (Å²) in [6.45, 7) is 0. The molecule has 0 aliphatic carbocycles. The molecule has 0 amide bonds. The Balaban J connectivity index is 2.12. The number of fused-ring (bicyclic) bond motifs is 1. The second-order valence-corrected chi connectivity index (χ2v) is 4.61. The molecule has 0 atom stereocenters. The predicted octanol–water partition coefficient (Wildman–Crippen LogP) is 3.01. The number of carboxylic acids is 1. The monoisotopic (exact) mass is 281 g/mol. The second kappa shape index (κ2) is 4.79. The van der Waals surface area contributed by atoms with Gasteiger partial charge in [0.2, 0.25) is 0 Å². The molecule has 3 rings (SSSR count). The number of phenols is 2. The van der Waals surface area contributed by atoms with Crippen LogP contribution in [0.4, 0.5) is 0 Å². The van der Waals surface area contributed by atoms with E-state index in [-0.39, 0.29) is 17.1 Å². The summed E-state index contributed by atoms with van der Waals surface area (Å²) in [5.74, 6) is -1.08. The van der Waals surface area contributed by atoms with E-state index >= 15 is 0 Å². The van der Waals surface area contributed by atoms with Gasteiger partial charge in [0.1, 0.15) is 11.5 Å². The molecule has 0 spiro atoms. The van der Waals surface area contributed by atoms with Crippen LogP contribution in [0.15, 0.2) is 48.5 Å². The highest BCUT2D eigenvalue weighted by molar-refractivity contribution is 5.90. The van der Waals surface area contributed by atoms with Crippen molar-refractivity contribution in [3.63, 3.8) is 0 Å². The van der Waals surface area contributed by atoms with Gasteiger partial charge in [-0.2, -0.15) is 0 Å².